The van der Waals surface area contributed by atoms with Gasteiger partial charge in [-0.25, -0.2) is 14.8 Å². The molecule has 2 atom stereocenters. The number of benzene rings is 1. The van der Waals surface area contributed by atoms with Gasteiger partial charge in [0.05, 0.1) is 48.2 Å². The van der Waals surface area contributed by atoms with Gasteiger partial charge in [0.1, 0.15) is 18.2 Å². The molecule has 2 fully saturated rings. The van der Waals surface area contributed by atoms with Gasteiger partial charge >= 0.3 is 6.09 Å². The van der Waals surface area contributed by atoms with E-state index in [0.717, 1.165) is 16.8 Å². The molecule has 8 nitrogen and oxygen atoms in total. The van der Waals surface area contributed by atoms with Gasteiger partial charge in [0, 0.05) is 12.8 Å². The van der Waals surface area contributed by atoms with E-state index < -0.39 is 0 Å². The second-order valence-electron chi connectivity index (χ2n) is 10.3. The van der Waals surface area contributed by atoms with E-state index in [9.17, 15) is 4.79 Å². The minimum absolute atomic E-state index is 0.0816. The van der Waals surface area contributed by atoms with Crippen LogP contribution in [-0.2, 0) is 9.47 Å². The lowest BCUT2D eigenvalue weighted by Crippen LogP contribution is -2.61. The van der Waals surface area contributed by atoms with Crippen LogP contribution in [-0.4, -0.2) is 59.0 Å². The van der Waals surface area contributed by atoms with Crippen LogP contribution >= 0.6 is 11.6 Å². The average Bonchev–Trinajstić information content (AvgIpc) is 2.75. The number of anilines is 2. The number of morpholine rings is 1. The summed E-state index contributed by atoms with van der Waals surface area (Å²) in [5, 5.41) is 3.90. The molecule has 1 aromatic carbocycles. The number of hydrogen-bond donors (Lipinski definition) is 1. The molecule has 2 aliphatic rings. The monoisotopic (exact) mass is 488 g/mol. The Morgan fingerprint density at radius 1 is 1.21 bits per heavy atom. The number of halogens is 1. The largest absolute Gasteiger partial charge is 0.474 e. The molecule has 2 aromatic rings. The quantitative estimate of drug-likeness (QED) is 0.612. The molecule has 0 radical (unpaired) electrons. The van der Waals surface area contributed by atoms with Crippen molar-refractivity contribution in [2.75, 3.05) is 25.1 Å². The van der Waals surface area contributed by atoms with Crippen molar-refractivity contribution in [1.29, 1.82) is 0 Å². The van der Waals surface area contributed by atoms with Crippen molar-refractivity contribution in [3.8, 4) is 5.88 Å². The summed E-state index contributed by atoms with van der Waals surface area (Å²) in [4.78, 5) is 23.4. The molecule has 184 valence electrons. The number of fused-ring (bicyclic) bond motifs is 2. The standard InChI is InChI=1S/C25H33ClN4O4/c1-15-6-7-21(20(26)8-15)29-22-16(2)23(28-14-27-22)34-19-9-17-11-32-12-18(10-19)30(17)24(31)33-13-25(3,4)5/h6-8,14,17-19H,9-13H2,1-5H3,(H,27,28,29). The van der Waals surface area contributed by atoms with Gasteiger partial charge in [0.2, 0.25) is 5.88 Å². The zero-order valence-electron chi connectivity index (χ0n) is 20.4. The molecule has 9 heteroatoms. The molecular weight excluding hydrogens is 456 g/mol. The lowest BCUT2D eigenvalue weighted by molar-refractivity contribution is -0.0928. The predicted molar refractivity (Wildman–Crippen MR) is 131 cm³/mol. The normalized spacial score (nSPS) is 22.3. The predicted octanol–water partition coefficient (Wildman–Crippen LogP) is 5.28. The van der Waals surface area contributed by atoms with Crippen LogP contribution in [0.5, 0.6) is 5.88 Å². The van der Waals surface area contributed by atoms with Gasteiger partial charge in [-0.15, -0.1) is 0 Å². The Hall–Kier alpha value is -2.58. The fraction of sp³-hybridized carbons (Fsp3) is 0.560. The second kappa shape index (κ2) is 9.96. The maximum Gasteiger partial charge on any atom is 0.410 e. The summed E-state index contributed by atoms with van der Waals surface area (Å²) in [5.74, 6) is 1.16. The number of carbonyl (C=O) groups is 1. The Balaban J connectivity index is 1.44. The molecule has 2 aliphatic heterocycles. The molecule has 0 saturated carbocycles. The third kappa shape index (κ3) is 5.73. The SMILES string of the molecule is Cc1ccc(Nc2ncnc(OC3CC4COCC(C3)N4C(=O)OCC(C)(C)C)c2C)c(Cl)c1. The summed E-state index contributed by atoms with van der Waals surface area (Å²) in [6, 6.07) is 5.64. The van der Waals surface area contributed by atoms with Crippen LogP contribution in [0.2, 0.25) is 5.02 Å². The van der Waals surface area contributed by atoms with Gasteiger partial charge in [0.25, 0.3) is 0 Å². The van der Waals surface area contributed by atoms with Crippen LogP contribution in [0.3, 0.4) is 0 Å². The van der Waals surface area contributed by atoms with Gasteiger partial charge in [0.15, 0.2) is 0 Å². The number of amides is 1. The molecule has 1 aromatic heterocycles. The summed E-state index contributed by atoms with van der Waals surface area (Å²) in [6.07, 6.45) is 2.42. The molecule has 2 unspecified atom stereocenters. The Bertz CT molecular complexity index is 1030. The summed E-state index contributed by atoms with van der Waals surface area (Å²) in [6.45, 7) is 11.4. The van der Waals surface area contributed by atoms with Crippen LogP contribution in [0.1, 0.15) is 44.7 Å². The lowest BCUT2D eigenvalue weighted by Gasteiger charge is -2.47. The number of carbonyl (C=O) groups excluding carboxylic acids is 1. The van der Waals surface area contributed by atoms with Crippen LogP contribution in [0, 0.1) is 19.3 Å². The number of hydrogen-bond acceptors (Lipinski definition) is 7. The minimum atomic E-state index is -0.272. The first-order chi connectivity index (χ1) is 16.1. The molecule has 0 aliphatic carbocycles. The third-order valence-corrected chi connectivity index (χ3v) is 6.32. The number of rotatable bonds is 5. The maximum atomic E-state index is 12.8. The highest BCUT2D eigenvalue weighted by atomic mass is 35.5. The van der Waals surface area contributed by atoms with Crippen molar-refractivity contribution in [2.24, 2.45) is 5.41 Å². The Morgan fingerprint density at radius 3 is 2.56 bits per heavy atom. The summed E-state index contributed by atoms with van der Waals surface area (Å²) < 4.78 is 17.7. The fourth-order valence-electron chi connectivity index (χ4n) is 4.30. The highest BCUT2D eigenvalue weighted by Gasteiger charge is 2.43. The van der Waals surface area contributed by atoms with Crippen LogP contribution < -0.4 is 10.1 Å². The number of nitrogens with zero attached hydrogens (tertiary/aromatic N) is 3. The van der Waals surface area contributed by atoms with E-state index in [-0.39, 0.29) is 29.7 Å². The zero-order valence-corrected chi connectivity index (χ0v) is 21.2. The van der Waals surface area contributed by atoms with Gasteiger partial charge in [-0.05, 0) is 37.0 Å². The first-order valence-corrected chi connectivity index (χ1v) is 12.0. The second-order valence-corrected chi connectivity index (χ2v) is 10.7. The van der Waals surface area contributed by atoms with E-state index in [4.69, 9.17) is 25.8 Å². The number of ether oxygens (including phenoxy) is 3. The topological polar surface area (TPSA) is 85.8 Å². The van der Waals surface area contributed by atoms with Crippen molar-refractivity contribution >= 4 is 29.2 Å². The average molecular weight is 489 g/mol. The number of piperidine rings is 1. The Labute approximate surface area is 206 Å². The van der Waals surface area contributed by atoms with Gasteiger partial charge in [-0.1, -0.05) is 38.4 Å². The highest BCUT2D eigenvalue weighted by molar-refractivity contribution is 6.33. The highest BCUT2D eigenvalue weighted by Crippen LogP contribution is 2.34. The molecular formula is C25H33ClN4O4. The van der Waals surface area contributed by atoms with Crippen LogP contribution in [0.15, 0.2) is 24.5 Å². The first-order valence-electron chi connectivity index (χ1n) is 11.6. The first kappa shape index (κ1) is 24.5. The third-order valence-electron chi connectivity index (χ3n) is 6.01. The fourth-order valence-corrected chi connectivity index (χ4v) is 4.58. The van der Waals surface area contributed by atoms with Crippen LogP contribution in [0.4, 0.5) is 16.3 Å². The summed E-state index contributed by atoms with van der Waals surface area (Å²) >= 11 is 6.38. The number of nitrogens with one attached hydrogen (secondary N) is 1. The van der Waals surface area contributed by atoms with Crippen molar-refractivity contribution in [3.05, 3.63) is 40.7 Å². The Kier molecular flexibility index (Phi) is 7.19. The van der Waals surface area contributed by atoms with Gasteiger partial charge in [-0.2, -0.15) is 0 Å². The van der Waals surface area contributed by atoms with E-state index in [0.29, 0.717) is 49.4 Å². The molecule has 3 heterocycles. The van der Waals surface area contributed by atoms with E-state index in [1.165, 1.54) is 6.33 Å². The van der Waals surface area contributed by atoms with Crippen LogP contribution in [0.25, 0.3) is 0 Å². The number of aromatic nitrogens is 2. The molecule has 4 rings (SSSR count). The molecule has 0 spiro atoms. The smallest absolute Gasteiger partial charge is 0.410 e. The van der Waals surface area contributed by atoms with E-state index >= 15 is 0 Å². The van der Waals surface area contributed by atoms with E-state index in [1.807, 2.05) is 57.7 Å². The Morgan fingerprint density at radius 2 is 1.91 bits per heavy atom. The molecule has 1 N–H and O–H groups in total. The van der Waals surface area contributed by atoms with E-state index in [2.05, 4.69) is 15.3 Å². The van der Waals surface area contributed by atoms with Crippen molar-refractivity contribution in [2.45, 2.75) is 65.6 Å². The van der Waals surface area contributed by atoms with Crippen molar-refractivity contribution < 1.29 is 19.0 Å². The number of aryl methyl sites for hydroxylation is 1. The minimum Gasteiger partial charge on any atom is -0.474 e. The molecule has 34 heavy (non-hydrogen) atoms. The van der Waals surface area contributed by atoms with E-state index in [1.54, 1.807) is 0 Å². The summed E-state index contributed by atoms with van der Waals surface area (Å²) in [5.41, 5.74) is 2.57. The molecule has 1 amide bonds. The van der Waals surface area contributed by atoms with Crippen molar-refractivity contribution in [1.82, 2.24) is 14.9 Å². The summed E-state index contributed by atoms with van der Waals surface area (Å²) in [7, 11) is 0. The zero-order chi connectivity index (χ0) is 24.5. The van der Waals surface area contributed by atoms with Gasteiger partial charge in [-0.3, -0.25) is 4.90 Å². The maximum absolute atomic E-state index is 12.8. The van der Waals surface area contributed by atoms with Gasteiger partial charge < -0.3 is 19.5 Å². The molecule has 2 saturated heterocycles. The van der Waals surface area contributed by atoms with Crippen molar-refractivity contribution in [3.63, 3.8) is 0 Å². The molecule has 2 bridgehead atoms. The lowest BCUT2D eigenvalue weighted by atomic mass is 9.92.